The van der Waals surface area contributed by atoms with E-state index in [1.165, 1.54) is 0 Å². The monoisotopic (exact) mass is 180 g/mol. The summed E-state index contributed by atoms with van der Waals surface area (Å²) in [6.45, 7) is 0.826. The average molecular weight is 180 g/mol. The van der Waals surface area contributed by atoms with Gasteiger partial charge in [-0.2, -0.15) is 0 Å². The highest BCUT2D eigenvalue weighted by Gasteiger charge is 2.28. The maximum absolute atomic E-state index is 8.79. The average Bonchev–Trinajstić information content (AvgIpc) is 2.34. The van der Waals surface area contributed by atoms with Crippen LogP contribution in [0.1, 0.15) is 6.42 Å². The van der Waals surface area contributed by atoms with Crippen molar-refractivity contribution in [3.8, 4) is 0 Å². The summed E-state index contributed by atoms with van der Waals surface area (Å²) in [5.74, 6) is 0. The summed E-state index contributed by atoms with van der Waals surface area (Å²) < 4.78 is 4.99. The van der Waals surface area contributed by atoms with Gasteiger partial charge in [-0.05, 0) is 13.0 Å². The second kappa shape index (κ2) is 4.30. The third-order valence-electron chi connectivity index (χ3n) is 1.72. The van der Waals surface area contributed by atoms with Crippen molar-refractivity contribution in [1.29, 1.82) is 0 Å². The van der Waals surface area contributed by atoms with E-state index in [9.17, 15) is 0 Å². The number of hydrogen-bond donors (Lipinski definition) is 4. The molecule has 1 saturated heterocycles. The van der Waals surface area contributed by atoms with Crippen LogP contribution in [-0.2, 0) is 4.52 Å². The Bertz CT molecular complexity index is 124. The van der Waals surface area contributed by atoms with E-state index in [1.807, 2.05) is 0 Å². The highest BCUT2D eigenvalue weighted by Crippen LogP contribution is 2.27. The van der Waals surface area contributed by atoms with Gasteiger partial charge >= 0.3 is 0 Å². The third kappa shape index (κ3) is 2.63. The van der Waals surface area contributed by atoms with Crippen LogP contribution in [0.15, 0.2) is 0 Å². The summed E-state index contributed by atoms with van der Waals surface area (Å²) in [7, 11) is -1.79. The van der Waals surface area contributed by atoms with Gasteiger partial charge in [0.1, 0.15) is 0 Å². The van der Waals surface area contributed by atoms with E-state index in [-0.39, 0.29) is 18.8 Å². The first-order valence-corrected chi connectivity index (χ1v) is 4.77. The Morgan fingerprint density at radius 1 is 1.73 bits per heavy atom. The van der Waals surface area contributed by atoms with E-state index in [0.29, 0.717) is 0 Å². The van der Waals surface area contributed by atoms with Crippen LogP contribution in [0.25, 0.3) is 0 Å². The smallest absolute Gasteiger partial charge is 0.250 e. The van der Waals surface area contributed by atoms with Crippen LogP contribution < -0.4 is 10.8 Å². The van der Waals surface area contributed by atoms with Gasteiger partial charge in [-0.15, -0.1) is 0 Å². The summed E-state index contributed by atoms with van der Waals surface area (Å²) in [5, 5.41) is 11.8. The number of nitrogens with two attached hydrogens (primary N) is 1. The van der Waals surface area contributed by atoms with Gasteiger partial charge in [0.25, 0.3) is 0 Å². The minimum atomic E-state index is -1.79. The van der Waals surface area contributed by atoms with Gasteiger partial charge in [-0.1, -0.05) is 0 Å². The van der Waals surface area contributed by atoms with Gasteiger partial charge in [0.05, 0.1) is 18.8 Å². The minimum absolute atomic E-state index is 0.0217. The lowest BCUT2D eigenvalue weighted by Crippen LogP contribution is -2.34. The van der Waals surface area contributed by atoms with Crippen LogP contribution in [0.2, 0.25) is 0 Å². The zero-order valence-corrected chi connectivity index (χ0v) is 7.00. The van der Waals surface area contributed by atoms with E-state index in [1.54, 1.807) is 0 Å². The van der Waals surface area contributed by atoms with Crippen molar-refractivity contribution in [2.75, 3.05) is 13.2 Å². The van der Waals surface area contributed by atoms with Crippen LogP contribution in [0, 0.1) is 0 Å². The van der Waals surface area contributed by atoms with Crippen molar-refractivity contribution in [2.24, 2.45) is 5.50 Å². The van der Waals surface area contributed by atoms with Crippen molar-refractivity contribution < 1.29 is 14.5 Å². The zero-order chi connectivity index (χ0) is 8.27. The Balaban J connectivity index is 2.31. The van der Waals surface area contributed by atoms with Crippen LogP contribution in [0.5, 0.6) is 0 Å². The topological polar surface area (TPSA) is 87.7 Å². The molecule has 1 heterocycles. The maximum Gasteiger partial charge on any atom is 0.250 e. The van der Waals surface area contributed by atoms with Crippen LogP contribution in [0.4, 0.5) is 0 Å². The minimum Gasteiger partial charge on any atom is -0.395 e. The molecule has 0 aromatic heterocycles. The lowest BCUT2D eigenvalue weighted by molar-refractivity contribution is 0.141. The van der Waals surface area contributed by atoms with Gasteiger partial charge in [-0.25, -0.2) is 0 Å². The summed E-state index contributed by atoms with van der Waals surface area (Å²) in [6.07, 6.45) is 0.656. The van der Waals surface area contributed by atoms with Crippen molar-refractivity contribution in [2.45, 2.75) is 18.6 Å². The predicted octanol–water partition coefficient (Wildman–Crippen LogP) is -1.10. The molecule has 0 radical (unpaired) electrons. The van der Waals surface area contributed by atoms with Gasteiger partial charge in [0.15, 0.2) is 0 Å². The largest absolute Gasteiger partial charge is 0.395 e. The first kappa shape index (κ1) is 9.32. The molecule has 6 heteroatoms. The Hall–Kier alpha value is 0.230. The highest BCUT2D eigenvalue weighted by atomic mass is 31.2. The SMILES string of the molecule is NP(O)OC1CCN[C@@H]1CO. The Morgan fingerprint density at radius 3 is 3.00 bits per heavy atom. The zero-order valence-electron chi connectivity index (χ0n) is 6.10. The van der Waals surface area contributed by atoms with Crippen molar-refractivity contribution >= 4 is 8.53 Å². The second-order valence-corrected chi connectivity index (χ2v) is 3.29. The fraction of sp³-hybridized carbons (Fsp3) is 1.00. The van der Waals surface area contributed by atoms with Gasteiger partial charge in [-0.3, -0.25) is 5.50 Å². The lowest BCUT2D eigenvalue weighted by Gasteiger charge is -2.18. The Morgan fingerprint density at radius 2 is 2.45 bits per heavy atom. The Kier molecular flexibility index (Phi) is 3.65. The van der Waals surface area contributed by atoms with Gasteiger partial charge in [0, 0.05) is 0 Å². The third-order valence-corrected chi connectivity index (χ3v) is 2.21. The molecular formula is C5H13N2O3P. The molecule has 0 amide bonds. The van der Waals surface area contributed by atoms with E-state index < -0.39 is 8.53 Å². The summed E-state index contributed by atoms with van der Waals surface area (Å²) >= 11 is 0. The summed E-state index contributed by atoms with van der Waals surface area (Å²) in [5.41, 5.74) is 5.08. The van der Waals surface area contributed by atoms with Crippen molar-refractivity contribution in [1.82, 2.24) is 5.32 Å². The number of hydrogen-bond acceptors (Lipinski definition) is 5. The number of aliphatic hydroxyl groups is 1. The molecule has 1 aliphatic heterocycles. The molecule has 11 heavy (non-hydrogen) atoms. The predicted molar refractivity (Wildman–Crippen MR) is 41.7 cm³/mol. The molecule has 1 rings (SSSR count). The van der Waals surface area contributed by atoms with Crippen molar-refractivity contribution in [3.63, 3.8) is 0 Å². The molecule has 0 bridgehead atoms. The fourth-order valence-corrected chi connectivity index (χ4v) is 1.72. The Labute approximate surface area is 66.5 Å². The van der Waals surface area contributed by atoms with E-state index in [4.69, 9.17) is 20.0 Å². The lowest BCUT2D eigenvalue weighted by atomic mass is 10.2. The molecule has 0 aliphatic carbocycles. The molecule has 0 aromatic rings. The molecule has 5 nitrogen and oxygen atoms in total. The molecule has 66 valence electrons. The molecule has 3 atom stereocenters. The molecule has 2 unspecified atom stereocenters. The maximum atomic E-state index is 8.79. The molecule has 0 aromatic carbocycles. The standard InChI is InChI=1S/C5H13N2O3P/c6-11(9)10-5-1-2-7-4(5)3-8/h4-5,7-9H,1-3,6H2/t4-,5?,11?/m1/s1. The van der Waals surface area contributed by atoms with Crippen LogP contribution >= 0.6 is 8.53 Å². The number of rotatable bonds is 3. The first-order valence-electron chi connectivity index (χ1n) is 3.48. The van der Waals surface area contributed by atoms with Crippen LogP contribution in [-0.4, -0.2) is 35.3 Å². The van der Waals surface area contributed by atoms with Crippen molar-refractivity contribution in [3.05, 3.63) is 0 Å². The van der Waals surface area contributed by atoms with E-state index >= 15 is 0 Å². The molecule has 1 fully saturated rings. The molecule has 1 aliphatic rings. The van der Waals surface area contributed by atoms with Crippen LogP contribution in [0.3, 0.4) is 0 Å². The van der Waals surface area contributed by atoms with E-state index in [0.717, 1.165) is 13.0 Å². The molecule has 5 N–H and O–H groups in total. The second-order valence-electron chi connectivity index (χ2n) is 2.48. The molecule has 0 spiro atoms. The van der Waals surface area contributed by atoms with E-state index in [2.05, 4.69) is 5.32 Å². The summed E-state index contributed by atoms with van der Waals surface area (Å²) in [6, 6.07) is -0.0734. The number of aliphatic hydroxyl groups excluding tert-OH is 1. The molecular weight excluding hydrogens is 167 g/mol. The molecule has 0 saturated carbocycles. The highest BCUT2D eigenvalue weighted by molar-refractivity contribution is 7.43. The normalized spacial score (nSPS) is 34.1. The van der Waals surface area contributed by atoms with Gasteiger partial charge < -0.3 is 19.8 Å². The number of nitrogens with one attached hydrogen (secondary N) is 1. The first-order chi connectivity index (χ1) is 5.24. The fourth-order valence-electron chi connectivity index (χ4n) is 1.19. The summed E-state index contributed by atoms with van der Waals surface area (Å²) in [4.78, 5) is 8.74. The van der Waals surface area contributed by atoms with Gasteiger partial charge in [0.2, 0.25) is 8.53 Å². The quantitative estimate of drug-likeness (QED) is 0.414.